The van der Waals surface area contributed by atoms with E-state index in [0.29, 0.717) is 6.42 Å². The Hall–Kier alpha value is -1.83. The fourth-order valence-electron chi connectivity index (χ4n) is 1.08. The third kappa shape index (κ3) is 1.85. The maximum absolute atomic E-state index is 10.7. The van der Waals surface area contributed by atoms with Crippen molar-refractivity contribution in [2.24, 2.45) is 0 Å². The molecular formula is C8H9N3O2. The minimum Gasteiger partial charge on any atom is -0.480 e. The molecule has 0 spiro atoms. The molecule has 5 heteroatoms. The number of nitrogens with zero attached hydrogens (tertiary/aromatic N) is 3. The van der Waals surface area contributed by atoms with Crippen LogP contribution in [0.5, 0.6) is 0 Å². The highest BCUT2D eigenvalue weighted by Crippen LogP contribution is 2.11. The molecule has 0 radical (unpaired) electrons. The lowest BCUT2D eigenvalue weighted by molar-refractivity contribution is -0.141. The first-order chi connectivity index (χ1) is 6.19. The van der Waals surface area contributed by atoms with Gasteiger partial charge in [-0.1, -0.05) is 6.92 Å². The second-order valence-electron chi connectivity index (χ2n) is 2.58. The molecule has 1 atom stereocenters. The van der Waals surface area contributed by atoms with Crippen molar-refractivity contribution in [1.29, 1.82) is 5.26 Å². The number of carboxylic acids is 1. The number of imidazole rings is 1. The van der Waals surface area contributed by atoms with Crippen LogP contribution in [0, 0.1) is 11.3 Å². The number of aliphatic carboxylic acids is 1. The van der Waals surface area contributed by atoms with Crippen LogP contribution in [0.1, 0.15) is 25.1 Å². The maximum atomic E-state index is 10.7. The largest absolute Gasteiger partial charge is 0.480 e. The Labute approximate surface area is 75.2 Å². The molecule has 0 amide bonds. The SMILES string of the molecule is CCC(C(=O)O)n1cnc(C#N)c1. The lowest BCUT2D eigenvalue weighted by Crippen LogP contribution is -2.16. The molecule has 0 fully saturated rings. The zero-order chi connectivity index (χ0) is 9.84. The first-order valence-electron chi connectivity index (χ1n) is 3.85. The summed E-state index contributed by atoms with van der Waals surface area (Å²) in [6.45, 7) is 1.77. The molecule has 0 aliphatic rings. The summed E-state index contributed by atoms with van der Waals surface area (Å²) < 4.78 is 1.43. The third-order valence-electron chi connectivity index (χ3n) is 1.75. The van der Waals surface area contributed by atoms with Gasteiger partial charge in [0.15, 0.2) is 5.69 Å². The molecule has 0 aromatic carbocycles. The fraction of sp³-hybridized carbons (Fsp3) is 0.375. The van der Waals surface area contributed by atoms with E-state index in [1.54, 1.807) is 6.92 Å². The highest BCUT2D eigenvalue weighted by Gasteiger charge is 2.16. The van der Waals surface area contributed by atoms with Gasteiger partial charge in [0, 0.05) is 6.20 Å². The molecule has 68 valence electrons. The van der Waals surface area contributed by atoms with E-state index in [-0.39, 0.29) is 5.69 Å². The Bertz CT molecular complexity index is 351. The van der Waals surface area contributed by atoms with Crippen LogP contribution in [0.25, 0.3) is 0 Å². The average Bonchev–Trinajstić information content (AvgIpc) is 2.53. The van der Waals surface area contributed by atoms with Crippen molar-refractivity contribution in [3.63, 3.8) is 0 Å². The van der Waals surface area contributed by atoms with Crippen molar-refractivity contribution in [3.05, 3.63) is 18.2 Å². The highest BCUT2D eigenvalue weighted by molar-refractivity contribution is 5.71. The van der Waals surface area contributed by atoms with E-state index in [1.807, 2.05) is 6.07 Å². The van der Waals surface area contributed by atoms with Crippen LogP contribution < -0.4 is 0 Å². The zero-order valence-electron chi connectivity index (χ0n) is 7.14. The maximum Gasteiger partial charge on any atom is 0.326 e. The first kappa shape index (κ1) is 9.26. The minimum atomic E-state index is -0.913. The predicted octanol–water partition coefficient (Wildman–Crippen LogP) is 0.790. The fourth-order valence-corrected chi connectivity index (χ4v) is 1.08. The van der Waals surface area contributed by atoms with Crippen LogP contribution in [0.15, 0.2) is 12.5 Å². The normalized spacial score (nSPS) is 12.0. The lowest BCUT2D eigenvalue weighted by atomic mass is 10.2. The van der Waals surface area contributed by atoms with E-state index in [4.69, 9.17) is 10.4 Å². The van der Waals surface area contributed by atoms with Crippen molar-refractivity contribution in [1.82, 2.24) is 9.55 Å². The summed E-state index contributed by atoms with van der Waals surface area (Å²) in [5.74, 6) is -0.913. The molecule has 1 rings (SSSR count). The van der Waals surface area contributed by atoms with Gasteiger partial charge < -0.3 is 9.67 Å². The van der Waals surface area contributed by atoms with E-state index >= 15 is 0 Å². The van der Waals surface area contributed by atoms with Crippen molar-refractivity contribution in [2.45, 2.75) is 19.4 Å². The van der Waals surface area contributed by atoms with Gasteiger partial charge in [0.1, 0.15) is 12.1 Å². The van der Waals surface area contributed by atoms with Gasteiger partial charge in [0.25, 0.3) is 0 Å². The predicted molar refractivity (Wildman–Crippen MR) is 43.9 cm³/mol. The van der Waals surface area contributed by atoms with Gasteiger partial charge in [-0.2, -0.15) is 5.26 Å². The number of carbonyl (C=O) groups is 1. The second-order valence-corrected chi connectivity index (χ2v) is 2.58. The number of hydrogen-bond acceptors (Lipinski definition) is 3. The molecule has 0 saturated heterocycles. The molecule has 0 aliphatic carbocycles. The van der Waals surface area contributed by atoms with Crippen LogP contribution in [0.2, 0.25) is 0 Å². The highest BCUT2D eigenvalue weighted by atomic mass is 16.4. The lowest BCUT2D eigenvalue weighted by Gasteiger charge is -2.09. The molecule has 5 nitrogen and oxygen atoms in total. The van der Waals surface area contributed by atoms with E-state index in [9.17, 15) is 4.79 Å². The zero-order valence-corrected chi connectivity index (χ0v) is 7.14. The van der Waals surface area contributed by atoms with Gasteiger partial charge in [0.2, 0.25) is 0 Å². The molecular weight excluding hydrogens is 170 g/mol. The molecule has 13 heavy (non-hydrogen) atoms. The summed E-state index contributed by atoms with van der Waals surface area (Å²) in [4.78, 5) is 14.4. The van der Waals surface area contributed by atoms with Gasteiger partial charge in [-0.25, -0.2) is 9.78 Å². The van der Waals surface area contributed by atoms with Crippen molar-refractivity contribution >= 4 is 5.97 Å². The number of carboxylic acid groups (broad SMARTS) is 1. The van der Waals surface area contributed by atoms with Crippen molar-refractivity contribution in [2.75, 3.05) is 0 Å². The van der Waals surface area contributed by atoms with Gasteiger partial charge in [-0.15, -0.1) is 0 Å². The van der Waals surface area contributed by atoms with Crippen molar-refractivity contribution in [3.8, 4) is 6.07 Å². The summed E-state index contributed by atoms with van der Waals surface area (Å²) in [7, 11) is 0. The van der Waals surface area contributed by atoms with Crippen LogP contribution in [-0.2, 0) is 4.79 Å². The van der Waals surface area contributed by atoms with Gasteiger partial charge in [0.05, 0.1) is 6.33 Å². The number of hydrogen-bond donors (Lipinski definition) is 1. The Kier molecular flexibility index (Phi) is 2.65. The van der Waals surface area contributed by atoms with Gasteiger partial charge >= 0.3 is 5.97 Å². The summed E-state index contributed by atoms with van der Waals surface area (Å²) in [5, 5.41) is 17.2. The third-order valence-corrected chi connectivity index (χ3v) is 1.75. The van der Waals surface area contributed by atoms with Gasteiger partial charge in [-0.05, 0) is 6.42 Å². The number of aromatic nitrogens is 2. The number of nitriles is 1. The van der Waals surface area contributed by atoms with E-state index < -0.39 is 12.0 Å². The summed E-state index contributed by atoms with van der Waals surface area (Å²) in [6.07, 6.45) is 3.26. The molecule has 0 aliphatic heterocycles. The molecule has 1 aromatic rings. The molecule has 1 N–H and O–H groups in total. The van der Waals surface area contributed by atoms with Crippen LogP contribution in [-0.4, -0.2) is 20.6 Å². The molecule has 1 aromatic heterocycles. The monoisotopic (exact) mass is 179 g/mol. The smallest absolute Gasteiger partial charge is 0.326 e. The Morgan fingerprint density at radius 1 is 1.92 bits per heavy atom. The molecule has 1 unspecified atom stereocenters. The number of rotatable bonds is 3. The quantitative estimate of drug-likeness (QED) is 0.743. The Balaban J connectivity index is 2.93. The Morgan fingerprint density at radius 3 is 3.00 bits per heavy atom. The average molecular weight is 179 g/mol. The topological polar surface area (TPSA) is 78.9 Å². The first-order valence-corrected chi connectivity index (χ1v) is 3.85. The van der Waals surface area contributed by atoms with Crippen LogP contribution in [0.3, 0.4) is 0 Å². The summed E-state index contributed by atoms with van der Waals surface area (Å²) >= 11 is 0. The second kappa shape index (κ2) is 3.72. The van der Waals surface area contributed by atoms with Gasteiger partial charge in [-0.3, -0.25) is 0 Å². The van der Waals surface area contributed by atoms with E-state index in [2.05, 4.69) is 4.98 Å². The van der Waals surface area contributed by atoms with Crippen molar-refractivity contribution < 1.29 is 9.90 Å². The standard InChI is InChI=1S/C8H9N3O2/c1-2-7(8(12)13)11-4-6(3-9)10-5-11/h4-5,7H,2H2,1H3,(H,12,13). The van der Waals surface area contributed by atoms with E-state index in [0.717, 1.165) is 0 Å². The Morgan fingerprint density at radius 2 is 2.62 bits per heavy atom. The van der Waals surface area contributed by atoms with Crippen LogP contribution in [0.4, 0.5) is 0 Å². The summed E-state index contributed by atoms with van der Waals surface area (Å²) in [5.41, 5.74) is 0.236. The van der Waals surface area contributed by atoms with Crippen LogP contribution >= 0.6 is 0 Å². The summed E-state index contributed by atoms with van der Waals surface area (Å²) in [6, 6.07) is 1.21. The molecule has 0 saturated carbocycles. The molecule has 1 heterocycles. The van der Waals surface area contributed by atoms with E-state index in [1.165, 1.54) is 17.1 Å². The minimum absolute atomic E-state index is 0.236. The molecule has 0 bridgehead atoms.